The Morgan fingerprint density at radius 2 is 1.91 bits per heavy atom. The molecule has 0 saturated heterocycles. The smallest absolute Gasteiger partial charge is 0.00367 e. The molecule has 1 rings (SSSR count). The van der Waals surface area contributed by atoms with Gasteiger partial charge in [0.05, 0.1) is 0 Å². The molecule has 11 heavy (non-hydrogen) atoms. The van der Waals surface area contributed by atoms with Crippen LogP contribution in [0.2, 0.25) is 0 Å². The summed E-state index contributed by atoms with van der Waals surface area (Å²) in [5.41, 5.74) is 9.50. The predicted octanol–water partition coefficient (Wildman–Crippen LogP) is 1.80. The van der Waals surface area contributed by atoms with Crippen molar-refractivity contribution in [3.8, 4) is 0 Å². The van der Waals surface area contributed by atoms with E-state index >= 15 is 0 Å². The van der Waals surface area contributed by atoms with E-state index in [2.05, 4.69) is 32.0 Å². The van der Waals surface area contributed by atoms with Gasteiger partial charge in [-0.2, -0.15) is 0 Å². The first-order valence-electron chi connectivity index (χ1n) is 4.00. The van der Waals surface area contributed by atoms with Gasteiger partial charge in [0.15, 0.2) is 0 Å². The molecular weight excluding hydrogens is 134 g/mol. The summed E-state index contributed by atoms with van der Waals surface area (Å²) in [6, 6.07) is 6.51. The first-order chi connectivity index (χ1) is 5.24. The van der Waals surface area contributed by atoms with Crippen LogP contribution in [-0.2, 0) is 6.42 Å². The van der Waals surface area contributed by atoms with Crippen molar-refractivity contribution in [2.24, 2.45) is 5.73 Å². The van der Waals surface area contributed by atoms with Gasteiger partial charge >= 0.3 is 0 Å². The molecule has 0 unspecified atom stereocenters. The van der Waals surface area contributed by atoms with E-state index in [0.29, 0.717) is 0 Å². The van der Waals surface area contributed by atoms with Gasteiger partial charge in [-0.25, -0.2) is 0 Å². The molecule has 0 aromatic heterocycles. The quantitative estimate of drug-likeness (QED) is 0.681. The molecule has 0 aliphatic heterocycles. The highest BCUT2D eigenvalue weighted by molar-refractivity contribution is 5.29. The minimum Gasteiger partial charge on any atom is -0.330 e. The number of hydrogen-bond acceptors (Lipinski definition) is 1. The van der Waals surface area contributed by atoms with Crippen LogP contribution >= 0.6 is 0 Å². The lowest BCUT2D eigenvalue weighted by molar-refractivity contribution is 0.965. The Bertz CT molecular complexity index is 241. The number of rotatable bonds is 2. The summed E-state index contributed by atoms with van der Waals surface area (Å²) in [6.45, 7) is 5.00. The van der Waals surface area contributed by atoms with Gasteiger partial charge in [0.1, 0.15) is 0 Å². The molecule has 0 fully saturated rings. The number of benzene rings is 1. The molecule has 60 valence electrons. The molecule has 0 saturated carbocycles. The number of hydrogen-bond donors (Lipinski definition) is 1. The normalized spacial score (nSPS) is 10.1. The van der Waals surface area contributed by atoms with Crippen molar-refractivity contribution in [3.05, 3.63) is 34.9 Å². The van der Waals surface area contributed by atoms with Crippen molar-refractivity contribution in [3.63, 3.8) is 0 Å². The van der Waals surface area contributed by atoms with Crippen molar-refractivity contribution < 1.29 is 0 Å². The molecule has 0 aliphatic rings. The Balaban J connectivity index is 2.86. The number of nitrogens with two attached hydrogens (primary N) is 1. The summed E-state index contributed by atoms with van der Waals surface area (Å²) in [5.74, 6) is 0. The van der Waals surface area contributed by atoms with E-state index < -0.39 is 0 Å². The monoisotopic (exact) mass is 149 g/mol. The Morgan fingerprint density at radius 3 is 2.45 bits per heavy atom. The third-order valence-corrected chi connectivity index (χ3v) is 2.00. The maximum absolute atomic E-state index is 5.45. The highest BCUT2D eigenvalue weighted by Crippen LogP contribution is 2.09. The van der Waals surface area contributed by atoms with Gasteiger partial charge in [-0.15, -0.1) is 0 Å². The molecule has 0 heterocycles. The lowest BCUT2D eigenvalue weighted by atomic mass is 10.0. The van der Waals surface area contributed by atoms with Crippen LogP contribution in [0.25, 0.3) is 0 Å². The Morgan fingerprint density at radius 1 is 1.18 bits per heavy atom. The van der Waals surface area contributed by atoms with E-state index in [1.54, 1.807) is 0 Å². The predicted molar refractivity (Wildman–Crippen MR) is 48.7 cm³/mol. The van der Waals surface area contributed by atoms with Gasteiger partial charge in [-0.3, -0.25) is 0 Å². The van der Waals surface area contributed by atoms with E-state index in [0.717, 1.165) is 13.0 Å². The van der Waals surface area contributed by atoms with E-state index in [4.69, 9.17) is 5.73 Å². The van der Waals surface area contributed by atoms with Crippen LogP contribution < -0.4 is 5.73 Å². The van der Waals surface area contributed by atoms with Crippen molar-refractivity contribution in [1.82, 2.24) is 0 Å². The molecule has 0 radical (unpaired) electrons. The van der Waals surface area contributed by atoms with Crippen LogP contribution in [0, 0.1) is 13.8 Å². The van der Waals surface area contributed by atoms with Gasteiger partial charge < -0.3 is 5.73 Å². The second-order valence-corrected chi connectivity index (χ2v) is 2.96. The Kier molecular flexibility index (Phi) is 2.66. The SMILES string of the molecule is Cc1ccc(CCN)cc1C. The van der Waals surface area contributed by atoms with Crippen molar-refractivity contribution >= 4 is 0 Å². The lowest BCUT2D eigenvalue weighted by Crippen LogP contribution is -2.02. The zero-order valence-corrected chi connectivity index (χ0v) is 7.22. The van der Waals surface area contributed by atoms with Crippen molar-refractivity contribution in [2.45, 2.75) is 20.3 Å². The fraction of sp³-hybridized carbons (Fsp3) is 0.400. The van der Waals surface area contributed by atoms with Crippen LogP contribution in [0.3, 0.4) is 0 Å². The standard InChI is InChI=1S/C10H15N/c1-8-3-4-10(5-6-11)7-9(8)2/h3-4,7H,5-6,11H2,1-2H3. The highest BCUT2D eigenvalue weighted by atomic mass is 14.5. The first kappa shape index (κ1) is 8.28. The van der Waals surface area contributed by atoms with E-state index in [9.17, 15) is 0 Å². The molecule has 1 aromatic carbocycles. The average molecular weight is 149 g/mol. The second-order valence-electron chi connectivity index (χ2n) is 2.96. The highest BCUT2D eigenvalue weighted by Gasteiger charge is 1.94. The molecule has 1 heteroatoms. The van der Waals surface area contributed by atoms with E-state index in [-0.39, 0.29) is 0 Å². The summed E-state index contributed by atoms with van der Waals surface area (Å²) in [6.07, 6.45) is 0.987. The van der Waals surface area contributed by atoms with Crippen LogP contribution in [0.1, 0.15) is 16.7 Å². The Hall–Kier alpha value is -0.820. The molecule has 1 nitrogen and oxygen atoms in total. The van der Waals surface area contributed by atoms with Gasteiger partial charge in [-0.05, 0) is 43.5 Å². The van der Waals surface area contributed by atoms with Crippen molar-refractivity contribution in [2.75, 3.05) is 6.54 Å². The summed E-state index contributed by atoms with van der Waals surface area (Å²) in [5, 5.41) is 0. The molecule has 0 bridgehead atoms. The van der Waals surface area contributed by atoms with Gasteiger partial charge in [0.25, 0.3) is 0 Å². The van der Waals surface area contributed by atoms with Crippen LogP contribution in [0.4, 0.5) is 0 Å². The maximum Gasteiger partial charge on any atom is -0.00367 e. The average Bonchev–Trinajstić information content (AvgIpc) is 1.98. The lowest BCUT2D eigenvalue weighted by Gasteiger charge is -2.02. The minimum absolute atomic E-state index is 0.739. The van der Waals surface area contributed by atoms with Gasteiger partial charge in [0, 0.05) is 0 Å². The molecule has 2 N–H and O–H groups in total. The molecule has 0 spiro atoms. The fourth-order valence-corrected chi connectivity index (χ4v) is 1.13. The molecule has 0 aliphatic carbocycles. The van der Waals surface area contributed by atoms with E-state index in [1.807, 2.05) is 0 Å². The summed E-state index contributed by atoms with van der Waals surface area (Å²) < 4.78 is 0. The number of aryl methyl sites for hydroxylation is 2. The van der Waals surface area contributed by atoms with Gasteiger partial charge in [0.2, 0.25) is 0 Å². The molecule has 0 atom stereocenters. The van der Waals surface area contributed by atoms with Crippen LogP contribution in [0.5, 0.6) is 0 Å². The zero-order valence-electron chi connectivity index (χ0n) is 7.22. The topological polar surface area (TPSA) is 26.0 Å². The summed E-state index contributed by atoms with van der Waals surface area (Å²) in [4.78, 5) is 0. The zero-order chi connectivity index (χ0) is 8.27. The molecule has 0 amide bonds. The first-order valence-corrected chi connectivity index (χ1v) is 4.00. The summed E-state index contributed by atoms with van der Waals surface area (Å²) >= 11 is 0. The second kappa shape index (κ2) is 3.54. The maximum atomic E-state index is 5.45. The largest absolute Gasteiger partial charge is 0.330 e. The van der Waals surface area contributed by atoms with Crippen LogP contribution in [0.15, 0.2) is 18.2 Å². The summed E-state index contributed by atoms with van der Waals surface area (Å²) in [7, 11) is 0. The third-order valence-electron chi connectivity index (χ3n) is 2.00. The third kappa shape index (κ3) is 2.05. The van der Waals surface area contributed by atoms with Gasteiger partial charge in [-0.1, -0.05) is 18.2 Å². The fourth-order valence-electron chi connectivity index (χ4n) is 1.13. The minimum atomic E-state index is 0.739. The van der Waals surface area contributed by atoms with E-state index in [1.165, 1.54) is 16.7 Å². The molecular formula is C10H15N. The van der Waals surface area contributed by atoms with Crippen molar-refractivity contribution in [1.29, 1.82) is 0 Å². The van der Waals surface area contributed by atoms with Crippen LogP contribution in [-0.4, -0.2) is 6.54 Å². The molecule has 1 aromatic rings. The Labute approximate surface area is 68.2 Å².